The number of fused-ring (bicyclic) bond motifs is 1. The highest BCUT2D eigenvalue weighted by Crippen LogP contribution is 2.35. The van der Waals surface area contributed by atoms with E-state index in [2.05, 4.69) is 11.6 Å². The fraction of sp³-hybridized carbons (Fsp3) is 0.308. The predicted molar refractivity (Wildman–Crippen MR) is 80.5 cm³/mol. The van der Waals surface area contributed by atoms with Crippen LogP contribution < -0.4 is 4.90 Å². The van der Waals surface area contributed by atoms with Crippen LogP contribution in [0.4, 0.5) is 11.4 Å². The molecule has 0 fully saturated rings. The van der Waals surface area contributed by atoms with E-state index in [1.165, 1.54) is 11.3 Å². The Morgan fingerprint density at radius 3 is 2.95 bits per heavy atom. The molecule has 1 heterocycles. The Labute approximate surface area is 120 Å². The molecule has 6 nitrogen and oxygen atoms in total. The molecule has 0 amide bonds. The second-order valence-electron chi connectivity index (χ2n) is 4.26. The Morgan fingerprint density at radius 2 is 2.35 bits per heavy atom. The molecule has 0 aliphatic heterocycles. The summed E-state index contributed by atoms with van der Waals surface area (Å²) in [5.74, 6) is 0. The molecule has 1 aromatic carbocycles. The molecule has 0 spiro atoms. The Morgan fingerprint density at radius 1 is 1.60 bits per heavy atom. The molecule has 0 aliphatic carbocycles. The van der Waals surface area contributed by atoms with E-state index >= 15 is 0 Å². The molecule has 0 unspecified atom stereocenters. The lowest BCUT2D eigenvalue weighted by molar-refractivity contribution is -0.384. The topological polar surface area (TPSA) is 79.5 Å². The van der Waals surface area contributed by atoms with E-state index in [-0.39, 0.29) is 12.3 Å². The number of anilines is 1. The minimum atomic E-state index is -0.405. The molecule has 0 radical (unpaired) electrons. The largest absolute Gasteiger partial charge is 0.395 e. The van der Waals surface area contributed by atoms with Gasteiger partial charge in [-0.1, -0.05) is 6.08 Å². The van der Waals surface area contributed by atoms with Crippen LogP contribution in [0.15, 0.2) is 24.8 Å². The number of aromatic nitrogens is 1. The average molecular weight is 293 g/mol. The number of aliphatic hydroxyl groups is 1. The van der Waals surface area contributed by atoms with Crippen LogP contribution in [0.5, 0.6) is 0 Å². The van der Waals surface area contributed by atoms with Gasteiger partial charge in [0.1, 0.15) is 5.69 Å². The molecule has 0 saturated carbocycles. The third-order valence-electron chi connectivity index (χ3n) is 2.85. The van der Waals surface area contributed by atoms with Crippen molar-refractivity contribution in [2.24, 2.45) is 0 Å². The Hall–Kier alpha value is -1.99. The number of aliphatic hydroxyl groups excluding tert-OH is 1. The Balaban J connectivity index is 2.60. The molecule has 0 atom stereocenters. The molecule has 2 rings (SSSR count). The van der Waals surface area contributed by atoms with Crippen molar-refractivity contribution in [3.8, 4) is 0 Å². The fourth-order valence-electron chi connectivity index (χ4n) is 2.05. The molecule has 0 saturated heterocycles. The van der Waals surface area contributed by atoms with Crippen LogP contribution in [0.2, 0.25) is 0 Å². The third kappa shape index (κ3) is 2.78. The minimum Gasteiger partial charge on any atom is -0.395 e. The van der Waals surface area contributed by atoms with Gasteiger partial charge in [-0.05, 0) is 13.0 Å². The van der Waals surface area contributed by atoms with Gasteiger partial charge in [0.05, 0.1) is 26.8 Å². The van der Waals surface area contributed by atoms with Gasteiger partial charge in [-0.3, -0.25) is 10.1 Å². The molecule has 1 N–H and O–H groups in total. The van der Waals surface area contributed by atoms with Crippen molar-refractivity contribution in [2.45, 2.75) is 6.92 Å². The molecule has 1 aromatic heterocycles. The third-order valence-corrected chi connectivity index (χ3v) is 3.78. The van der Waals surface area contributed by atoms with Crippen LogP contribution in [0.1, 0.15) is 5.01 Å². The van der Waals surface area contributed by atoms with E-state index in [9.17, 15) is 10.1 Å². The molecule has 0 aliphatic rings. The molecule has 0 bridgehead atoms. The predicted octanol–water partition coefficient (Wildman–Crippen LogP) is 2.50. The summed E-state index contributed by atoms with van der Waals surface area (Å²) >= 11 is 1.43. The zero-order valence-electron chi connectivity index (χ0n) is 11.1. The summed E-state index contributed by atoms with van der Waals surface area (Å²) in [7, 11) is 0. The first-order chi connectivity index (χ1) is 9.56. The van der Waals surface area contributed by atoms with Gasteiger partial charge in [0.15, 0.2) is 0 Å². The van der Waals surface area contributed by atoms with E-state index in [0.717, 1.165) is 15.2 Å². The minimum absolute atomic E-state index is 0.0245. The number of hydrogen-bond donors (Lipinski definition) is 1. The van der Waals surface area contributed by atoms with Crippen molar-refractivity contribution in [1.29, 1.82) is 0 Å². The highest BCUT2D eigenvalue weighted by molar-refractivity contribution is 7.18. The van der Waals surface area contributed by atoms with E-state index in [1.54, 1.807) is 23.1 Å². The van der Waals surface area contributed by atoms with Crippen LogP contribution in [0.3, 0.4) is 0 Å². The number of thiazole rings is 1. The first-order valence-corrected chi connectivity index (χ1v) is 6.90. The molecule has 2 aromatic rings. The van der Waals surface area contributed by atoms with Crippen molar-refractivity contribution in [3.05, 3.63) is 39.9 Å². The Kier molecular flexibility index (Phi) is 4.31. The van der Waals surface area contributed by atoms with Crippen molar-refractivity contribution < 1.29 is 10.0 Å². The summed E-state index contributed by atoms with van der Waals surface area (Å²) in [4.78, 5) is 16.9. The van der Waals surface area contributed by atoms with Gasteiger partial charge in [-0.25, -0.2) is 4.98 Å². The lowest BCUT2D eigenvalue weighted by Gasteiger charge is -2.21. The number of aryl methyl sites for hydroxylation is 1. The smallest absolute Gasteiger partial charge is 0.294 e. The molecule has 106 valence electrons. The highest BCUT2D eigenvalue weighted by Gasteiger charge is 2.21. The quantitative estimate of drug-likeness (QED) is 0.503. The monoisotopic (exact) mass is 293 g/mol. The SMILES string of the molecule is C=CCN(CCO)c1cc2nc(C)sc2cc1[N+](=O)[O-]. The van der Waals surface area contributed by atoms with E-state index in [4.69, 9.17) is 5.11 Å². The fourth-order valence-corrected chi connectivity index (χ4v) is 2.90. The number of nitro benzene ring substituents is 1. The van der Waals surface area contributed by atoms with Crippen molar-refractivity contribution in [1.82, 2.24) is 4.98 Å². The normalized spacial score (nSPS) is 10.7. The lowest BCUT2D eigenvalue weighted by Crippen LogP contribution is -2.27. The van der Waals surface area contributed by atoms with Crippen LogP contribution in [0.25, 0.3) is 10.2 Å². The molecular weight excluding hydrogens is 278 g/mol. The number of rotatable bonds is 6. The van der Waals surface area contributed by atoms with Crippen LogP contribution >= 0.6 is 11.3 Å². The zero-order chi connectivity index (χ0) is 14.7. The van der Waals surface area contributed by atoms with Gasteiger partial charge in [-0.15, -0.1) is 17.9 Å². The summed E-state index contributed by atoms with van der Waals surface area (Å²) in [5, 5.41) is 21.2. The van der Waals surface area contributed by atoms with Crippen LogP contribution in [0, 0.1) is 17.0 Å². The van der Waals surface area contributed by atoms with Crippen molar-refractivity contribution in [3.63, 3.8) is 0 Å². The van der Waals surface area contributed by atoms with Gasteiger partial charge in [0.2, 0.25) is 0 Å². The number of nitrogens with zero attached hydrogens (tertiary/aromatic N) is 3. The second kappa shape index (κ2) is 5.98. The first kappa shape index (κ1) is 14.4. The number of hydrogen-bond acceptors (Lipinski definition) is 6. The average Bonchev–Trinajstić information content (AvgIpc) is 2.76. The maximum atomic E-state index is 11.3. The van der Waals surface area contributed by atoms with E-state index in [1.807, 2.05) is 6.92 Å². The highest BCUT2D eigenvalue weighted by atomic mass is 32.1. The lowest BCUT2D eigenvalue weighted by atomic mass is 10.2. The Bertz CT molecular complexity index is 654. The van der Waals surface area contributed by atoms with Gasteiger partial charge in [0.25, 0.3) is 5.69 Å². The number of nitro groups is 1. The summed E-state index contributed by atoms with van der Waals surface area (Å²) in [6.45, 7) is 6.16. The maximum Gasteiger partial charge on any atom is 0.294 e. The second-order valence-corrected chi connectivity index (χ2v) is 5.49. The van der Waals surface area contributed by atoms with Crippen LogP contribution in [-0.4, -0.2) is 34.7 Å². The molecule has 7 heteroatoms. The van der Waals surface area contributed by atoms with Gasteiger partial charge >= 0.3 is 0 Å². The number of benzene rings is 1. The van der Waals surface area contributed by atoms with Gasteiger partial charge in [0, 0.05) is 19.2 Å². The molecule has 20 heavy (non-hydrogen) atoms. The van der Waals surface area contributed by atoms with E-state index in [0.29, 0.717) is 18.8 Å². The zero-order valence-corrected chi connectivity index (χ0v) is 11.9. The van der Waals surface area contributed by atoms with Crippen LogP contribution in [-0.2, 0) is 0 Å². The first-order valence-electron chi connectivity index (χ1n) is 6.09. The summed E-state index contributed by atoms with van der Waals surface area (Å²) in [6, 6.07) is 3.25. The summed E-state index contributed by atoms with van der Waals surface area (Å²) < 4.78 is 0.792. The van der Waals surface area contributed by atoms with Gasteiger partial charge < -0.3 is 10.0 Å². The molecular formula is C13H15N3O3S. The maximum absolute atomic E-state index is 11.3. The van der Waals surface area contributed by atoms with E-state index < -0.39 is 4.92 Å². The van der Waals surface area contributed by atoms with Crippen molar-refractivity contribution >= 4 is 32.9 Å². The van der Waals surface area contributed by atoms with Crippen molar-refractivity contribution in [2.75, 3.05) is 24.6 Å². The summed E-state index contributed by atoms with van der Waals surface area (Å²) in [6.07, 6.45) is 1.65. The standard InChI is InChI=1S/C13H15N3O3S/c1-3-4-15(5-6-17)11-7-10-13(20-9(2)14-10)8-12(11)16(18)19/h3,7-8,17H,1,4-6H2,2H3. The van der Waals surface area contributed by atoms with Gasteiger partial charge in [-0.2, -0.15) is 0 Å². The summed E-state index contributed by atoms with van der Waals surface area (Å²) in [5.41, 5.74) is 1.22.